The molecule has 0 aliphatic carbocycles. The Kier molecular flexibility index (Phi) is 7.40. The molecule has 2 heterocycles. The third kappa shape index (κ3) is 5.46. The van der Waals surface area contributed by atoms with Crippen molar-refractivity contribution in [2.75, 3.05) is 10.7 Å². The van der Waals surface area contributed by atoms with E-state index in [0.717, 1.165) is 22.5 Å². The molecular formula is C36H25N5O2S. The number of benzene rings is 5. The largest absolute Gasteiger partial charge is 0.273 e. The molecular weight excluding hydrogens is 566 g/mol. The topological polar surface area (TPSA) is 79.9 Å². The highest BCUT2D eigenvalue weighted by atomic mass is 32.2. The summed E-state index contributed by atoms with van der Waals surface area (Å²) in [5.41, 5.74) is 5.12. The van der Waals surface area contributed by atoms with Crippen molar-refractivity contribution in [3.05, 3.63) is 149 Å². The van der Waals surface area contributed by atoms with E-state index in [4.69, 9.17) is 9.98 Å². The minimum Gasteiger partial charge on any atom is -0.273 e. The number of aromatic nitrogens is 2. The molecule has 1 aromatic heterocycles. The average molecular weight is 592 g/mol. The van der Waals surface area contributed by atoms with Gasteiger partial charge in [-0.3, -0.25) is 24.0 Å². The van der Waals surface area contributed by atoms with Crippen molar-refractivity contribution < 1.29 is 4.79 Å². The zero-order chi connectivity index (χ0) is 29.9. The van der Waals surface area contributed by atoms with Crippen LogP contribution in [0.3, 0.4) is 0 Å². The molecule has 212 valence electrons. The molecule has 5 aromatic carbocycles. The minimum atomic E-state index is -0.177. The quantitative estimate of drug-likeness (QED) is 0.187. The smallest absolute Gasteiger partial charge is 0.266 e. The Labute approximate surface area is 257 Å². The van der Waals surface area contributed by atoms with Gasteiger partial charge in [0.2, 0.25) is 5.91 Å². The van der Waals surface area contributed by atoms with Gasteiger partial charge in [-0.2, -0.15) is 0 Å². The van der Waals surface area contributed by atoms with E-state index < -0.39 is 0 Å². The molecule has 1 aliphatic rings. The van der Waals surface area contributed by atoms with E-state index in [-0.39, 0.29) is 11.5 Å². The fraction of sp³-hybridized carbons (Fsp3) is 0.0278. The van der Waals surface area contributed by atoms with Crippen LogP contribution in [0, 0.1) is 0 Å². The lowest BCUT2D eigenvalue weighted by molar-refractivity contribution is -0.115. The molecule has 0 spiro atoms. The van der Waals surface area contributed by atoms with Crippen LogP contribution < -0.4 is 10.5 Å². The zero-order valence-electron chi connectivity index (χ0n) is 23.4. The van der Waals surface area contributed by atoms with Crippen molar-refractivity contribution in [1.82, 2.24) is 9.55 Å². The van der Waals surface area contributed by atoms with E-state index in [0.29, 0.717) is 39.0 Å². The summed E-state index contributed by atoms with van der Waals surface area (Å²) >= 11 is 1.41. The number of rotatable bonds is 6. The predicted molar refractivity (Wildman–Crippen MR) is 180 cm³/mol. The number of aliphatic imine (C=N–C) groups is 2. The van der Waals surface area contributed by atoms with Gasteiger partial charge in [0.1, 0.15) is 5.82 Å². The Morgan fingerprint density at radius 3 is 2.09 bits per heavy atom. The normalized spacial score (nSPS) is 14.2. The second-order valence-corrected chi connectivity index (χ2v) is 11.0. The molecule has 0 unspecified atom stereocenters. The van der Waals surface area contributed by atoms with Gasteiger partial charge in [-0.05, 0) is 78.4 Å². The Morgan fingerprint density at radius 1 is 0.682 bits per heavy atom. The first-order chi connectivity index (χ1) is 21.6. The van der Waals surface area contributed by atoms with E-state index in [2.05, 4.69) is 4.99 Å². The van der Waals surface area contributed by atoms with Crippen LogP contribution in [0.5, 0.6) is 0 Å². The van der Waals surface area contributed by atoms with E-state index in [1.165, 1.54) is 11.8 Å². The summed E-state index contributed by atoms with van der Waals surface area (Å²) in [6.07, 6.45) is 1.82. The lowest BCUT2D eigenvalue weighted by Gasteiger charge is -2.18. The van der Waals surface area contributed by atoms with Gasteiger partial charge in [-0.1, -0.05) is 72.4 Å². The van der Waals surface area contributed by atoms with Gasteiger partial charge in [-0.15, -0.1) is 0 Å². The van der Waals surface area contributed by atoms with Gasteiger partial charge in [0, 0.05) is 11.8 Å². The Bertz CT molecular complexity index is 2090. The third-order valence-corrected chi connectivity index (χ3v) is 8.10. The van der Waals surface area contributed by atoms with Crippen LogP contribution in [-0.2, 0) is 4.79 Å². The molecule has 0 radical (unpaired) electrons. The van der Waals surface area contributed by atoms with Gasteiger partial charge in [-0.25, -0.2) is 9.98 Å². The number of nitrogens with zero attached hydrogens (tertiary/aromatic N) is 5. The summed E-state index contributed by atoms with van der Waals surface area (Å²) in [5.74, 6) is 0.786. The summed E-state index contributed by atoms with van der Waals surface area (Å²) < 4.78 is 1.62. The van der Waals surface area contributed by atoms with E-state index in [9.17, 15) is 9.59 Å². The SMILES string of the molecule is O=C1CSC(=Nc2ccccc2)N1c1ccc(-n2c(-c3ccc(N=Cc4ccccc4)cc3)nc3ccccc3c2=O)cc1. The van der Waals surface area contributed by atoms with Gasteiger partial charge in [0.25, 0.3) is 5.56 Å². The molecule has 1 aliphatic heterocycles. The molecule has 1 amide bonds. The number of hydrogen-bond donors (Lipinski definition) is 0. The summed E-state index contributed by atoms with van der Waals surface area (Å²) in [6, 6.07) is 41.8. The van der Waals surface area contributed by atoms with Crippen LogP contribution in [0.4, 0.5) is 17.1 Å². The van der Waals surface area contributed by atoms with E-state index in [1.54, 1.807) is 15.5 Å². The van der Waals surface area contributed by atoms with Crippen molar-refractivity contribution >= 4 is 57.0 Å². The first-order valence-electron chi connectivity index (χ1n) is 14.1. The second-order valence-electron chi connectivity index (χ2n) is 10.1. The molecule has 6 aromatic rings. The fourth-order valence-electron chi connectivity index (χ4n) is 5.01. The Hall–Kier alpha value is -5.60. The zero-order valence-corrected chi connectivity index (χ0v) is 24.3. The Balaban J connectivity index is 1.26. The average Bonchev–Trinajstić information content (AvgIpc) is 3.44. The number of amidine groups is 1. The highest BCUT2D eigenvalue weighted by Crippen LogP contribution is 2.31. The molecule has 0 N–H and O–H groups in total. The number of anilines is 1. The van der Waals surface area contributed by atoms with Crippen LogP contribution in [0.2, 0.25) is 0 Å². The molecule has 0 bridgehead atoms. The number of fused-ring (bicyclic) bond motifs is 1. The first-order valence-corrected chi connectivity index (χ1v) is 15.0. The number of para-hydroxylation sites is 2. The molecule has 0 atom stereocenters. The fourth-order valence-corrected chi connectivity index (χ4v) is 5.90. The molecule has 7 nitrogen and oxygen atoms in total. The van der Waals surface area contributed by atoms with Crippen LogP contribution in [-0.4, -0.2) is 32.6 Å². The van der Waals surface area contributed by atoms with Crippen LogP contribution >= 0.6 is 11.8 Å². The number of carbonyl (C=O) groups excluding carboxylic acids is 1. The maximum absolute atomic E-state index is 13.9. The Morgan fingerprint density at radius 2 is 1.34 bits per heavy atom. The lowest BCUT2D eigenvalue weighted by Crippen LogP contribution is -2.29. The summed E-state index contributed by atoms with van der Waals surface area (Å²) in [7, 11) is 0. The van der Waals surface area contributed by atoms with Crippen LogP contribution in [0.15, 0.2) is 148 Å². The standard InChI is InChI=1S/C36H25N5O2S/c42-33-24-44-36(38-28-11-5-2-6-12-28)40(33)29-19-21-30(22-20-29)41-34(39-32-14-8-7-13-31(32)35(41)43)26-15-17-27(18-16-26)37-23-25-9-3-1-4-10-25/h1-23H,24H2. The highest BCUT2D eigenvalue weighted by Gasteiger charge is 2.30. The van der Waals surface area contributed by atoms with Crippen molar-refractivity contribution in [2.45, 2.75) is 0 Å². The predicted octanol–water partition coefficient (Wildman–Crippen LogP) is 7.57. The number of hydrogen-bond acceptors (Lipinski definition) is 6. The number of amides is 1. The monoisotopic (exact) mass is 591 g/mol. The summed E-state index contributed by atoms with van der Waals surface area (Å²) in [4.78, 5) is 42.6. The van der Waals surface area contributed by atoms with Crippen molar-refractivity contribution in [3.63, 3.8) is 0 Å². The molecule has 44 heavy (non-hydrogen) atoms. The summed E-state index contributed by atoms with van der Waals surface area (Å²) in [6.45, 7) is 0. The van der Waals surface area contributed by atoms with Gasteiger partial charge in [0.05, 0.1) is 39.4 Å². The highest BCUT2D eigenvalue weighted by molar-refractivity contribution is 8.15. The minimum absolute atomic E-state index is 0.0438. The molecule has 0 saturated carbocycles. The van der Waals surface area contributed by atoms with Crippen molar-refractivity contribution in [1.29, 1.82) is 0 Å². The third-order valence-electron chi connectivity index (χ3n) is 7.18. The van der Waals surface area contributed by atoms with Gasteiger partial charge in [0.15, 0.2) is 5.17 Å². The van der Waals surface area contributed by atoms with Gasteiger partial charge >= 0.3 is 0 Å². The van der Waals surface area contributed by atoms with Crippen LogP contribution in [0.25, 0.3) is 28.0 Å². The molecule has 1 fully saturated rings. The second kappa shape index (κ2) is 11.9. The number of carbonyl (C=O) groups is 1. The first kappa shape index (κ1) is 27.2. The molecule has 7 rings (SSSR count). The van der Waals surface area contributed by atoms with Crippen molar-refractivity contribution in [2.24, 2.45) is 9.98 Å². The van der Waals surface area contributed by atoms with E-state index in [1.807, 2.05) is 134 Å². The van der Waals surface area contributed by atoms with Gasteiger partial charge < -0.3 is 0 Å². The van der Waals surface area contributed by atoms with E-state index >= 15 is 0 Å². The molecule has 1 saturated heterocycles. The maximum atomic E-state index is 13.9. The van der Waals surface area contributed by atoms with Crippen molar-refractivity contribution in [3.8, 4) is 17.1 Å². The lowest BCUT2D eigenvalue weighted by atomic mass is 10.1. The van der Waals surface area contributed by atoms with Crippen LogP contribution in [0.1, 0.15) is 5.56 Å². The summed E-state index contributed by atoms with van der Waals surface area (Å²) in [5, 5.41) is 1.14. The number of thioether (sulfide) groups is 1. The maximum Gasteiger partial charge on any atom is 0.266 e. The molecule has 8 heteroatoms.